The van der Waals surface area contributed by atoms with E-state index in [-0.39, 0.29) is 6.04 Å². The van der Waals surface area contributed by atoms with Crippen molar-refractivity contribution in [3.63, 3.8) is 0 Å². The second kappa shape index (κ2) is 8.30. The van der Waals surface area contributed by atoms with Crippen LogP contribution in [0.5, 0.6) is 0 Å². The molecule has 1 aliphatic rings. The van der Waals surface area contributed by atoms with Crippen LogP contribution in [0.4, 0.5) is 5.82 Å². The molecule has 6 nitrogen and oxygen atoms in total. The molecule has 0 bridgehead atoms. The molecular weight excluding hydrogens is 354 g/mol. The Bertz CT molecular complexity index is 929. The number of ether oxygens (including phenoxy) is 1. The predicted molar refractivity (Wildman–Crippen MR) is 106 cm³/mol. The van der Waals surface area contributed by atoms with E-state index in [0.717, 1.165) is 42.5 Å². The van der Waals surface area contributed by atoms with Gasteiger partial charge in [-0.2, -0.15) is 5.26 Å². The minimum Gasteiger partial charge on any atom is -0.452 e. The van der Waals surface area contributed by atoms with Crippen LogP contribution in [-0.2, 0) is 9.53 Å². The molecular formula is C22H25N3O3. The molecule has 0 unspecified atom stereocenters. The largest absolute Gasteiger partial charge is 0.452 e. The number of esters is 1. The molecule has 0 saturated heterocycles. The number of amides is 1. The Hall–Kier alpha value is -3.07. The molecule has 28 heavy (non-hydrogen) atoms. The van der Waals surface area contributed by atoms with Crippen molar-refractivity contribution in [2.24, 2.45) is 0 Å². The highest BCUT2D eigenvalue weighted by Crippen LogP contribution is 2.37. The molecule has 146 valence electrons. The number of aromatic nitrogens is 1. The third-order valence-electron chi connectivity index (χ3n) is 5.44. The lowest BCUT2D eigenvalue weighted by Gasteiger charge is -2.19. The zero-order valence-corrected chi connectivity index (χ0v) is 16.5. The Morgan fingerprint density at radius 1 is 1.18 bits per heavy atom. The van der Waals surface area contributed by atoms with E-state index in [4.69, 9.17) is 4.74 Å². The van der Waals surface area contributed by atoms with Crippen LogP contribution in [0.3, 0.4) is 0 Å². The zero-order chi connectivity index (χ0) is 20.3. The van der Waals surface area contributed by atoms with E-state index in [9.17, 15) is 14.9 Å². The smallest absolute Gasteiger partial charge is 0.338 e. The lowest BCUT2D eigenvalue weighted by Crippen LogP contribution is -2.23. The van der Waals surface area contributed by atoms with Crippen LogP contribution < -0.4 is 5.32 Å². The first-order chi connectivity index (χ1) is 13.4. The van der Waals surface area contributed by atoms with Gasteiger partial charge in [0.05, 0.1) is 11.1 Å². The average Bonchev–Trinajstić information content (AvgIpc) is 3.28. The van der Waals surface area contributed by atoms with Crippen molar-refractivity contribution >= 4 is 17.7 Å². The van der Waals surface area contributed by atoms with Crippen LogP contribution in [0.2, 0.25) is 0 Å². The first-order valence-corrected chi connectivity index (χ1v) is 9.57. The van der Waals surface area contributed by atoms with Crippen LogP contribution in [0.1, 0.15) is 64.5 Å². The van der Waals surface area contributed by atoms with Crippen LogP contribution in [0, 0.1) is 32.1 Å². The quantitative estimate of drug-likeness (QED) is 0.789. The van der Waals surface area contributed by atoms with Crippen molar-refractivity contribution in [2.75, 3.05) is 11.9 Å². The van der Waals surface area contributed by atoms with Crippen molar-refractivity contribution in [1.29, 1.82) is 5.26 Å². The number of hydrogen-bond acceptors (Lipinski definition) is 4. The van der Waals surface area contributed by atoms with Crippen molar-refractivity contribution < 1.29 is 14.3 Å². The summed E-state index contributed by atoms with van der Waals surface area (Å²) >= 11 is 0. The van der Waals surface area contributed by atoms with Gasteiger partial charge >= 0.3 is 5.97 Å². The van der Waals surface area contributed by atoms with E-state index in [1.807, 2.05) is 32.9 Å². The van der Waals surface area contributed by atoms with E-state index < -0.39 is 18.5 Å². The van der Waals surface area contributed by atoms with Crippen molar-refractivity contribution in [2.45, 2.75) is 52.5 Å². The predicted octanol–water partition coefficient (Wildman–Crippen LogP) is 4.20. The fraction of sp³-hybridized carbons (Fsp3) is 0.409. The van der Waals surface area contributed by atoms with E-state index in [1.165, 1.54) is 0 Å². The number of anilines is 1. The minimum atomic E-state index is -0.547. The molecule has 1 heterocycles. The van der Waals surface area contributed by atoms with Gasteiger partial charge in [-0.25, -0.2) is 4.79 Å². The highest BCUT2D eigenvalue weighted by atomic mass is 16.5. The summed E-state index contributed by atoms with van der Waals surface area (Å²) in [6.45, 7) is 5.40. The molecule has 1 saturated carbocycles. The molecule has 1 aromatic heterocycles. The maximum Gasteiger partial charge on any atom is 0.338 e. The SMILES string of the molecule is Cc1ccc(C(=O)OCC(=O)Nc2c(C#N)c(C)c(C)n2C2CCCC2)cc1. The number of carbonyl (C=O) groups is 2. The summed E-state index contributed by atoms with van der Waals surface area (Å²) in [6.07, 6.45) is 4.35. The van der Waals surface area contributed by atoms with Gasteiger partial charge in [0.1, 0.15) is 11.9 Å². The van der Waals surface area contributed by atoms with E-state index in [0.29, 0.717) is 16.9 Å². The molecule has 1 aliphatic carbocycles. The van der Waals surface area contributed by atoms with E-state index >= 15 is 0 Å². The number of hydrogen-bond donors (Lipinski definition) is 1. The van der Waals surface area contributed by atoms with Crippen molar-refractivity contribution in [3.8, 4) is 6.07 Å². The molecule has 6 heteroatoms. The van der Waals surface area contributed by atoms with Gasteiger partial charge in [0.25, 0.3) is 5.91 Å². The Morgan fingerprint density at radius 3 is 2.43 bits per heavy atom. The minimum absolute atomic E-state index is 0.284. The first-order valence-electron chi connectivity index (χ1n) is 9.57. The fourth-order valence-corrected chi connectivity index (χ4v) is 3.78. The van der Waals surface area contributed by atoms with Gasteiger partial charge in [0, 0.05) is 11.7 Å². The highest BCUT2D eigenvalue weighted by molar-refractivity contribution is 5.96. The standard InChI is InChI=1S/C22H25N3O3/c1-14-8-10-17(11-9-14)22(27)28-13-20(26)24-21-19(12-23)15(2)16(3)25(21)18-6-4-5-7-18/h8-11,18H,4-7,13H2,1-3H3,(H,24,26). The maximum atomic E-state index is 12.4. The molecule has 1 amide bonds. The van der Waals surface area contributed by atoms with E-state index in [2.05, 4.69) is 16.0 Å². The molecule has 1 fully saturated rings. The number of carbonyl (C=O) groups excluding carboxylic acids is 2. The number of nitrogens with one attached hydrogen (secondary N) is 1. The summed E-state index contributed by atoms with van der Waals surface area (Å²) in [4.78, 5) is 24.6. The van der Waals surface area contributed by atoms with Gasteiger partial charge in [-0.1, -0.05) is 30.5 Å². The van der Waals surface area contributed by atoms with Gasteiger partial charge < -0.3 is 14.6 Å². The number of benzene rings is 1. The topological polar surface area (TPSA) is 84.1 Å². The highest BCUT2D eigenvalue weighted by Gasteiger charge is 2.26. The summed E-state index contributed by atoms with van der Waals surface area (Å²) in [5.41, 5.74) is 3.79. The summed E-state index contributed by atoms with van der Waals surface area (Å²) in [5, 5.41) is 12.4. The second-order valence-corrected chi connectivity index (χ2v) is 7.34. The summed E-state index contributed by atoms with van der Waals surface area (Å²) in [5.74, 6) is -0.483. The Balaban J connectivity index is 1.73. The normalized spacial score (nSPS) is 13.9. The van der Waals surface area contributed by atoms with Gasteiger partial charge in [0.2, 0.25) is 0 Å². The fourth-order valence-electron chi connectivity index (χ4n) is 3.78. The molecule has 0 spiro atoms. The molecule has 2 aromatic rings. The molecule has 0 aliphatic heterocycles. The Kier molecular flexibility index (Phi) is 5.84. The van der Waals surface area contributed by atoms with E-state index in [1.54, 1.807) is 12.1 Å². The summed E-state index contributed by atoms with van der Waals surface area (Å²) in [7, 11) is 0. The van der Waals surface area contributed by atoms with Crippen LogP contribution >= 0.6 is 0 Å². The number of nitriles is 1. The monoisotopic (exact) mass is 379 g/mol. The van der Waals surface area contributed by atoms with Crippen molar-refractivity contribution in [1.82, 2.24) is 4.57 Å². The summed E-state index contributed by atoms with van der Waals surface area (Å²) < 4.78 is 7.20. The lowest BCUT2D eigenvalue weighted by atomic mass is 10.1. The molecule has 0 atom stereocenters. The van der Waals surface area contributed by atoms with Gasteiger partial charge in [0.15, 0.2) is 6.61 Å². The van der Waals surface area contributed by atoms with Crippen LogP contribution in [0.15, 0.2) is 24.3 Å². The number of rotatable bonds is 5. The molecule has 1 aromatic carbocycles. The van der Waals surface area contributed by atoms with Gasteiger partial charge in [-0.05, 0) is 51.3 Å². The summed E-state index contributed by atoms with van der Waals surface area (Å²) in [6, 6.07) is 9.46. The Labute approximate surface area is 165 Å². The number of aryl methyl sites for hydroxylation is 1. The van der Waals surface area contributed by atoms with Crippen LogP contribution in [-0.4, -0.2) is 23.1 Å². The first kappa shape index (κ1) is 19.7. The third-order valence-corrected chi connectivity index (χ3v) is 5.44. The Morgan fingerprint density at radius 2 is 1.82 bits per heavy atom. The van der Waals surface area contributed by atoms with Crippen molar-refractivity contribution in [3.05, 3.63) is 52.2 Å². The molecule has 3 rings (SSSR count). The average molecular weight is 379 g/mol. The van der Waals surface area contributed by atoms with Gasteiger partial charge in [-0.15, -0.1) is 0 Å². The second-order valence-electron chi connectivity index (χ2n) is 7.34. The maximum absolute atomic E-state index is 12.4. The van der Waals surface area contributed by atoms with Gasteiger partial charge in [-0.3, -0.25) is 4.79 Å². The lowest BCUT2D eigenvalue weighted by molar-refractivity contribution is -0.119. The van der Waals surface area contributed by atoms with Crippen LogP contribution in [0.25, 0.3) is 0 Å². The molecule has 1 N–H and O–H groups in total. The number of nitrogens with zero attached hydrogens (tertiary/aromatic N) is 2. The molecule has 0 radical (unpaired) electrons. The zero-order valence-electron chi connectivity index (χ0n) is 16.5. The third kappa shape index (κ3) is 3.94.